The summed E-state index contributed by atoms with van der Waals surface area (Å²) in [5.74, 6) is 0.337. The number of nitrogen functional groups attached to an aromatic ring is 1. The monoisotopic (exact) mass is 296 g/mol. The highest BCUT2D eigenvalue weighted by Gasteiger charge is 2.12. The molecule has 0 aliphatic heterocycles. The number of rotatable bonds is 2. The molecule has 90 valence electrons. The second kappa shape index (κ2) is 4.37. The molecule has 2 N–H and O–H groups in total. The maximum absolute atomic E-state index is 11.7. The van der Waals surface area contributed by atoms with Gasteiger partial charge in [0.05, 0.1) is 11.0 Å². The minimum absolute atomic E-state index is 0.0176. The van der Waals surface area contributed by atoms with Crippen LogP contribution in [0.2, 0.25) is 0 Å². The molecule has 1 aromatic heterocycles. The van der Waals surface area contributed by atoms with Crippen LogP contribution in [0.25, 0.3) is 11.0 Å². The largest absolute Gasteiger partial charge is 0.369 e. The van der Waals surface area contributed by atoms with Crippen molar-refractivity contribution in [1.82, 2.24) is 14.5 Å². The Kier molecular flexibility index (Phi) is 3.06. The van der Waals surface area contributed by atoms with E-state index in [0.29, 0.717) is 5.95 Å². The van der Waals surface area contributed by atoms with Gasteiger partial charge < -0.3 is 15.2 Å². The number of amides is 1. The van der Waals surface area contributed by atoms with Gasteiger partial charge in [-0.2, -0.15) is 0 Å². The van der Waals surface area contributed by atoms with Crippen LogP contribution in [0.1, 0.15) is 0 Å². The predicted octanol–water partition coefficient (Wildman–Crippen LogP) is 1.47. The summed E-state index contributed by atoms with van der Waals surface area (Å²) in [6, 6.07) is 5.67. The molecule has 17 heavy (non-hydrogen) atoms. The van der Waals surface area contributed by atoms with Gasteiger partial charge in [-0.15, -0.1) is 0 Å². The van der Waals surface area contributed by atoms with Gasteiger partial charge in [0.15, 0.2) is 0 Å². The van der Waals surface area contributed by atoms with Crippen molar-refractivity contribution in [3.8, 4) is 0 Å². The van der Waals surface area contributed by atoms with Crippen LogP contribution >= 0.6 is 15.9 Å². The van der Waals surface area contributed by atoms with Crippen molar-refractivity contribution in [3.05, 3.63) is 22.7 Å². The van der Waals surface area contributed by atoms with Gasteiger partial charge in [-0.25, -0.2) is 4.98 Å². The van der Waals surface area contributed by atoms with E-state index in [1.165, 1.54) is 4.90 Å². The quantitative estimate of drug-likeness (QED) is 0.913. The van der Waals surface area contributed by atoms with E-state index in [-0.39, 0.29) is 12.5 Å². The lowest BCUT2D eigenvalue weighted by Gasteiger charge is -2.12. The van der Waals surface area contributed by atoms with Crippen molar-refractivity contribution in [1.29, 1.82) is 0 Å². The summed E-state index contributed by atoms with van der Waals surface area (Å²) in [6.07, 6.45) is 0. The summed E-state index contributed by atoms with van der Waals surface area (Å²) < 4.78 is 2.64. The summed E-state index contributed by atoms with van der Waals surface area (Å²) in [6.45, 7) is 0.200. The molecule has 0 unspecified atom stereocenters. The number of benzene rings is 1. The van der Waals surface area contributed by atoms with E-state index < -0.39 is 0 Å². The van der Waals surface area contributed by atoms with E-state index >= 15 is 0 Å². The molecule has 2 aromatic rings. The molecule has 0 aliphatic rings. The van der Waals surface area contributed by atoms with E-state index in [1.807, 2.05) is 18.2 Å². The molecule has 0 aliphatic carbocycles. The third-order valence-electron chi connectivity index (χ3n) is 2.53. The molecule has 0 atom stereocenters. The second-order valence-corrected chi connectivity index (χ2v) is 4.89. The molecule has 6 heteroatoms. The van der Waals surface area contributed by atoms with E-state index in [9.17, 15) is 4.79 Å². The normalized spacial score (nSPS) is 10.8. The highest BCUT2D eigenvalue weighted by atomic mass is 79.9. The molecule has 5 nitrogen and oxygen atoms in total. The number of nitrogens with two attached hydrogens (primary N) is 1. The Labute approximate surface area is 107 Å². The minimum Gasteiger partial charge on any atom is -0.369 e. The highest BCUT2D eigenvalue weighted by Crippen LogP contribution is 2.22. The Bertz CT molecular complexity index is 576. The highest BCUT2D eigenvalue weighted by molar-refractivity contribution is 9.10. The summed E-state index contributed by atoms with van der Waals surface area (Å²) in [5.41, 5.74) is 7.46. The number of carbonyl (C=O) groups is 1. The number of imidazole rings is 1. The molecule has 0 saturated heterocycles. The number of aromatic nitrogens is 2. The van der Waals surface area contributed by atoms with Gasteiger partial charge in [-0.05, 0) is 18.2 Å². The average Bonchev–Trinajstić information content (AvgIpc) is 2.55. The number of likely N-dealkylation sites (N-methyl/N-ethyl adjacent to an activating group) is 1. The summed E-state index contributed by atoms with van der Waals surface area (Å²) >= 11 is 3.39. The van der Waals surface area contributed by atoms with Crippen LogP contribution in [0.5, 0.6) is 0 Å². The second-order valence-electron chi connectivity index (χ2n) is 3.98. The van der Waals surface area contributed by atoms with Crippen molar-refractivity contribution in [3.63, 3.8) is 0 Å². The number of anilines is 1. The van der Waals surface area contributed by atoms with E-state index in [1.54, 1.807) is 18.7 Å². The molecule has 0 fully saturated rings. The zero-order valence-electron chi connectivity index (χ0n) is 9.64. The molecule has 1 aromatic carbocycles. The minimum atomic E-state index is -0.0176. The fourth-order valence-corrected chi connectivity index (χ4v) is 1.91. The molecular weight excluding hydrogens is 284 g/mol. The van der Waals surface area contributed by atoms with Crippen LogP contribution in [0.3, 0.4) is 0 Å². The Hall–Kier alpha value is -1.56. The summed E-state index contributed by atoms with van der Waals surface area (Å²) in [4.78, 5) is 17.4. The van der Waals surface area contributed by atoms with E-state index in [4.69, 9.17) is 5.73 Å². The van der Waals surface area contributed by atoms with Crippen molar-refractivity contribution >= 4 is 38.8 Å². The number of halogens is 1. The van der Waals surface area contributed by atoms with Crippen LogP contribution in [-0.4, -0.2) is 34.5 Å². The first kappa shape index (κ1) is 11.9. The van der Waals surface area contributed by atoms with Crippen LogP contribution < -0.4 is 5.73 Å². The molecular formula is C11H13BrN4O. The third kappa shape index (κ3) is 2.26. The molecule has 2 rings (SSSR count). The van der Waals surface area contributed by atoms with Gasteiger partial charge in [0.1, 0.15) is 6.54 Å². The maximum atomic E-state index is 11.7. The Morgan fingerprint density at radius 2 is 2.24 bits per heavy atom. The first-order chi connectivity index (χ1) is 7.99. The zero-order chi connectivity index (χ0) is 12.6. The van der Waals surface area contributed by atoms with Gasteiger partial charge in [0, 0.05) is 18.6 Å². The first-order valence-electron chi connectivity index (χ1n) is 5.10. The Balaban J connectivity index is 2.48. The number of hydrogen-bond acceptors (Lipinski definition) is 3. The molecule has 0 spiro atoms. The molecule has 1 heterocycles. The van der Waals surface area contributed by atoms with E-state index in [2.05, 4.69) is 20.9 Å². The third-order valence-corrected chi connectivity index (χ3v) is 3.03. The average molecular weight is 297 g/mol. The molecule has 0 saturated carbocycles. The molecule has 0 radical (unpaired) electrons. The summed E-state index contributed by atoms with van der Waals surface area (Å²) in [5, 5.41) is 0. The number of nitrogens with zero attached hydrogens (tertiary/aromatic N) is 3. The van der Waals surface area contributed by atoms with Crippen LogP contribution in [0, 0.1) is 0 Å². The lowest BCUT2D eigenvalue weighted by atomic mass is 10.3. The van der Waals surface area contributed by atoms with Gasteiger partial charge >= 0.3 is 0 Å². The van der Waals surface area contributed by atoms with Gasteiger partial charge in [0.25, 0.3) is 0 Å². The predicted molar refractivity (Wildman–Crippen MR) is 70.5 cm³/mol. The van der Waals surface area contributed by atoms with Gasteiger partial charge in [0.2, 0.25) is 11.9 Å². The fraction of sp³-hybridized carbons (Fsp3) is 0.273. The van der Waals surface area contributed by atoms with Crippen LogP contribution in [0.15, 0.2) is 22.7 Å². The van der Waals surface area contributed by atoms with Gasteiger partial charge in [-0.1, -0.05) is 15.9 Å². The van der Waals surface area contributed by atoms with Crippen molar-refractivity contribution in [2.45, 2.75) is 6.54 Å². The SMILES string of the molecule is CN(C)C(=O)Cn1c(N)nc2ccc(Br)cc21. The Morgan fingerprint density at radius 1 is 1.53 bits per heavy atom. The van der Waals surface area contributed by atoms with Crippen LogP contribution in [-0.2, 0) is 11.3 Å². The smallest absolute Gasteiger partial charge is 0.242 e. The van der Waals surface area contributed by atoms with Crippen molar-refractivity contribution < 1.29 is 4.79 Å². The first-order valence-corrected chi connectivity index (χ1v) is 5.90. The molecule has 1 amide bonds. The lowest BCUT2D eigenvalue weighted by Crippen LogP contribution is -2.26. The number of hydrogen-bond donors (Lipinski definition) is 1. The zero-order valence-corrected chi connectivity index (χ0v) is 11.2. The standard InChI is InChI=1S/C11H13BrN4O/c1-15(2)10(17)6-16-9-5-7(12)3-4-8(9)14-11(16)13/h3-5H,6H2,1-2H3,(H2,13,14). The van der Waals surface area contributed by atoms with Gasteiger partial charge in [-0.3, -0.25) is 4.79 Å². The van der Waals surface area contributed by atoms with E-state index in [0.717, 1.165) is 15.5 Å². The number of carbonyl (C=O) groups excluding carboxylic acids is 1. The van der Waals surface area contributed by atoms with Crippen molar-refractivity contribution in [2.75, 3.05) is 19.8 Å². The van der Waals surface area contributed by atoms with Crippen molar-refractivity contribution in [2.24, 2.45) is 0 Å². The molecule has 0 bridgehead atoms. The summed E-state index contributed by atoms with van der Waals surface area (Å²) in [7, 11) is 3.43. The Morgan fingerprint density at radius 3 is 2.88 bits per heavy atom. The van der Waals surface area contributed by atoms with Crippen LogP contribution in [0.4, 0.5) is 5.95 Å². The fourth-order valence-electron chi connectivity index (χ4n) is 1.56. The number of fused-ring (bicyclic) bond motifs is 1. The topological polar surface area (TPSA) is 64.2 Å². The lowest BCUT2D eigenvalue weighted by molar-refractivity contribution is -0.129. The maximum Gasteiger partial charge on any atom is 0.242 e.